The maximum Gasteiger partial charge on any atom is 0.263 e. The van der Waals surface area contributed by atoms with E-state index in [0.29, 0.717) is 30.4 Å². The van der Waals surface area contributed by atoms with Crippen molar-refractivity contribution in [2.75, 3.05) is 23.3 Å². The summed E-state index contributed by atoms with van der Waals surface area (Å²) in [5, 5.41) is 4.66. The third-order valence-electron chi connectivity index (χ3n) is 4.08. The third kappa shape index (κ3) is 6.32. The van der Waals surface area contributed by atoms with Crippen molar-refractivity contribution in [1.82, 2.24) is 4.98 Å². The first-order valence-corrected chi connectivity index (χ1v) is 12.2. The van der Waals surface area contributed by atoms with Crippen LogP contribution < -0.4 is 19.5 Å². The minimum Gasteiger partial charge on any atom is -0.490 e. The van der Waals surface area contributed by atoms with Crippen LogP contribution in [0.3, 0.4) is 0 Å². The summed E-state index contributed by atoms with van der Waals surface area (Å²) >= 11 is 1.19. The molecule has 0 atom stereocenters. The van der Waals surface area contributed by atoms with Crippen molar-refractivity contribution < 1.29 is 22.7 Å². The number of anilines is 2. The molecule has 0 saturated carbocycles. The monoisotopic (exact) mass is 473 g/mol. The van der Waals surface area contributed by atoms with Crippen molar-refractivity contribution in [2.24, 2.45) is 0 Å². The SMILES string of the molecule is CCOc1ccc(C=CC(=O)Nc2ccc(S(=O)(=O)Nc3nccs3)cc2)cc1OCC. The summed E-state index contributed by atoms with van der Waals surface area (Å²) in [4.78, 5) is 16.2. The van der Waals surface area contributed by atoms with Crippen molar-refractivity contribution >= 4 is 44.2 Å². The first kappa shape index (κ1) is 23.3. The molecule has 8 nitrogen and oxygen atoms in total. The van der Waals surface area contributed by atoms with Gasteiger partial charge in [-0.15, -0.1) is 11.3 Å². The van der Waals surface area contributed by atoms with Gasteiger partial charge in [-0.1, -0.05) is 6.07 Å². The second-order valence-electron chi connectivity index (χ2n) is 6.36. The molecule has 168 valence electrons. The van der Waals surface area contributed by atoms with Gasteiger partial charge in [-0.2, -0.15) is 0 Å². The molecule has 1 aromatic heterocycles. The normalized spacial score (nSPS) is 11.3. The van der Waals surface area contributed by atoms with Gasteiger partial charge in [0, 0.05) is 23.3 Å². The van der Waals surface area contributed by atoms with E-state index in [9.17, 15) is 13.2 Å². The summed E-state index contributed by atoms with van der Waals surface area (Å²) in [7, 11) is -3.74. The van der Waals surface area contributed by atoms with Gasteiger partial charge in [0.05, 0.1) is 18.1 Å². The lowest BCUT2D eigenvalue weighted by molar-refractivity contribution is -0.111. The lowest BCUT2D eigenvalue weighted by Crippen LogP contribution is -2.13. The second-order valence-corrected chi connectivity index (χ2v) is 8.94. The van der Waals surface area contributed by atoms with Gasteiger partial charge < -0.3 is 14.8 Å². The summed E-state index contributed by atoms with van der Waals surface area (Å²) in [6.07, 6.45) is 4.56. The molecule has 0 aliphatic rings. The molecule has 0 saturated heterocycles. The Hall–Kier alpha value is -3.37. The van der Waals surface area contributed by atoms with E-state index in [2.05, 4.69) is 15.0 Å². The average Bonchev–Trinajstić information content (AvgIpc) is 3.27. The fourth-order valence-electron chi connectivity index (χ4n) is 2.69. The molecule has 2 N–H and O–H groups in total. The van der Waals surface area contributed by atoms with Crippen LogP contribution in [-0.4, -0.2) is 32.5 Å². The average molecular weight is 474 g/mol. The molecule has 3 aromatic rings. The summed E-state index contributed by atoms with van der Waals surface area (Å²) in [5.74, 6) is 0.906. The number of nitrogens with one attached hydrogen (secondary N) is 2. The van der Waals surface area contributed by atoms with Gasteiger partial charge in [0.1, 0.15) is 0 Å². The van der Waals surface area contributed by atoms with E-state index in [0.717, 1.165) is 5.56 Å². The van der Waals surface area contributed by atoms with Crippen LogP contribution in [0, 0.1) is 0 Å². The number of benzene rings is 2. The fourth-order valence-corrected chi connectivity index (χ4v) is 4.48. The van der Waals surface area contributed by atoms with E-state index >= 15 is 0 Å². The number of hydrogen-bond donors (Lipinski definition) is 2. The van der Waals surface area contributed by atoms with Gasteiger partial charge in [0.15, 0.2) is 16.6 Å². The zero-order valence-corrected chi connectivity index (χ0v) is 19.2. The topological polar surface area (TPSA) is 107 Å². The Labute approximate surface area is 191 Å². The van der Waals surface area contributed by atoms with E-state index < -0.39 is 10.0 Å². The predicted octanol–water partition coefficient (Wildman–Crippen LogP) is 4.39. The molecule has 1 amide bonds. The lowest BCUT2D eigenvalue weighted by atomic mass is 10.2. The summed E-state index contributed by atoms with van der Waals surface area (Å²) < 4.78 is 38.3. The molecule has 2 aromatic carbocycles. The number of nitrogens with zero attached hydrogens (tertiary/aromatic N) is 1. The number of sulfonamides is 1. The Kier molecular flexibility index (Phi) is 7.85. The smallest absolute Gasteiger partial charge is 0.263 e. The molecule has 32 heavy (non-hydrogen) atoms. The molecule has 0 unspecified atom stereocenters. The highest BCUT2D eigenvalue weighted by molar-refractivity contribution is 7.93. The first-order valence-electron chi connectivity index (χ1n) is 9.82. The van der Waals surface area contributed by atoms with Crippen LogP contribution in [0.1, 0.15) is 19.4 Å². The second kappa shape index (κ2) is 10.8. The van der Waals surface area contributed by atoms with Crippen molar-refractivity contribution in [1.29, 1.82) is 0 Å². The molecule has 0 radical (unpaired) electrons. The fraction of sp³-hybridized carbons (Fsp3) is 0.182. The number of thiazole rings is 1. The van der Waals surface area contributed by atoms with Crippen molar-refractivity contribution in [3.05, 3.63) is 65.7 Å². The van der Waals surface area contributed by atoms with Gasteiger partial charge in [-0.25, -0.2) is 13.4 Å². The van der Waals surface area contributed by atoms with E-state index in [1.165, 1.54) is 47.9 Å². The van der Waals surface area contributed by atoms with Crippen molar-refractivity contribution in [3.63, 3.8) is 0 Å². The molecule has 3 rings (SSSR count). The zero-order valence-electron chi connectivity index (χ0n) is 17.6. The number of hydrogen-bond acceptors (Lipinski definition) is 7. The molecule has 0 aliphatic heterocycles. The van der Waals surface area contributed by atoms with Crippen LogP contribution in [0.15, 0.2) is 65.0 Å². The highest BCUT2D eigenvalue weighted by atomic mass is 32.2. The highest BCUT2D eigenvalue weighted by Crippen LogP contribution is 2.29. The number of rotatable bonds is 10. The largest absolute Gasteiger partial charge is 0.490 e. The van der Waals surface area contributed by atoms with Gasteiger partial charge in [-0.05, 0) is 61.9 Å². The number of amides is 1. The summed E-state index contributed by atoms with van der Waals surface area (Å²) in [6.45, 7) is 4.81. The van der Waals surface area contributed by atoms with Gasteiger partial charge in [0.25, 0.3) is 10.0 Å². The minimum atomic E-state index is -3.74. The van der Waals surface area contributed by atoms with Crippen LogP contribution in [0.25, 0.3) is 6.08 Å². The molecular weight excluding hydrogens is 450 g/mol. The predicted molar refractivity (Wildman–Crippen MR) is 126 cm³/mol. The number of ether oxygens (including phenoxy) is 2. The summed E-state index contributed by atoms with van der Waals surface area (Å²) in [6, 6.07) is 11.3. The van der Waals surface area contributed by atoms with Crippen molar-refractivity contribution in [2.45, 2.75) is 18.7 Å². The Morgan fingerprint density at radius 2 is 1.78 bits per heavy atom. The number of carbonyl (C=O) groups is 1. The molecule has 0 bridgehead atoms. The molecule has 1 heterocycles. The van der Waals surface area contributed by atoms with Crippen molar-refractivity contribution in [3.8, 4) is 11.5 Å². The minimum absolute atomic E-state index is 0.0686. The Balaban J connectivity index is 1.63. The highest BCUT2D eigenvalue weighted by Gasteiger charge is 2.15. The van der Waals surface area contributed by atoms with Crippen LogP contribution >= 0.6 is 11.3 Å². The van der Waals surface area contributed by atoms with Gasteiger partial charge >= 0.3 is 0 Å². The Bertz CT molecular complexity index is 1170. The lowest BCUT2D eigenvalue weighted by Gasteiger charge is -2.11. The number of carbonyl (C=O) groups excluding carboxylic acids is 1. The molecule has 0 fully saturated rings. The zero-order chi connectivity index (χ0) is 23.0. The van der Waals surface area contributed by atoms with Gasteiger partial charge in [0.2, 0.25) is 5.91 Å². The third-order valence-corrected chi connectivity index (χ3v) is 6.25. The number of aromatic nitrogens is 1. The van der Waals surface area contributed by atoms with E-state index in [-0.39, 0.29) is 15.9 Å². The van der Waals surface area contributed by atoms with Crippen LogP contribution in [0.5, 0.6) is 11.5 Å². The van der Waals surface area contributed by atoms with E-state index in [1.807, 2.05) is 19.9 Å². The van der Waals surface area contributed by atoms with Crippen LogP contribution in [0.4, 0.5) is 10.8 Å². The molecule has 0 aliphatic carbocycles. The Morgan fingerprint density at radius 3 is 2.44 bits per heavy atom. The van der Waals surface area contributed by atoms with E-state index in [1.54, 1.807) is 23.6 Å². The summed E-state index contributed by atoms with van der Waals surface area (Å²) in [5.41, 5.74) is 1.25. The maximum absolute atomic E-state index is 12.4. The van der Waals surface area contributed by atoms with E-state index in [4.69, 9.17) is 9.47 Å². The molecular formula is C22H23N3O5S2. The van der Waals surface area contributed by atoms with Gasteiger partial charge in [-0.3, -0.25) is 9.52 Å². The van der Waals surface area contributed by atoms with Crippen LogP contribution in [0.2, 0.25) is 0 Å². The Morgan fingerprint density at radius 1 is 1.06 bits per heavy atom. The first-order chi connectivity index (χ1) is 15.4. The van der Waals surface area contributed by atoms with Crippen LogP contribution in [-0.2, 0) is 14.8 Å². The standard InChI is InChI=1S/C22H23N3O5S2/c1-3-29-19-11-5-16(15-20(19)30-4-2)6-12-21(26)24-17-7-9-18(10-8-17)32(27,28)25-22-23-13-14-31-22/h5-15H,3-4H2,1-2H3,(H,23,25)(H,24,26). The maximum atomic E-state index is 12.4. The quantitative estimate of drug-likeness (QED) is 0.423. The molecule has 0 spiro atoms. The molecule has 10 heteroatoms.